The number of methoxy groups -OCH3 is 1. The van der Waals surface area contributed by atoms with E-state index in [1.807, 2.05) is 38.1 Å². The maximum atomic E-state index is 12.5. The molecule has 41 heavy (non-hydrogen) atoms. The van der Waals surface area contributed by atoms with E-state index in [1.54, 1.807) is 6.07 Å². The van der Waals surface area contributed by atoms with Gasteiger partial charge < -0.3 is 23.2 Å². The van der Waals surface area contributed by atoms with Gasteiger partial charge in [-0.15, -0.1) is 0 Å². The normalized spacial score (nSPS) is 11.7. The van der Waals surface area contributed by atoms with Gasteiger partial charge in [0.05, 0.1) is 18.2 Å². The lowest BCUT2D eigenvalue weighted by atomic mass is 10.2. The maximum absolute atomic E-state index is 12.5. The molecule has 0 aliphatic heterocycles. The number of rotatable bonds is 11. The molecule has 0 aliphatic carbocycles. The van der Waals surface area contributed by atoms with E-state index in [1.165, 1.54) is 38.3 Å². The van der Waals surface area contributed by atoms with E-state index in [4.69, 9.17) is 13.9 Å². The molecule has 0 radical (unpaired) electrons. The Kier molecular flexibility index (Phi) is 8.82. The fourth-order valence-corrected chi connectivity index (χ4v) is 3.98. The molecule has 1 amide bonds. The van der Waals surface area contributed by atoms with Crippen molar-refractivity contribution in [3.05, 3.63) is 105 Å². The van der Waals surface area contributed by atoms with Crippen LogP contribution in [-0.4, -0.2) is 40.8 Å². The quantitative estimate of drug-likeness (QED) is 0.118. The fourth-order valence-electron chi connectivity index (χ4n) is 3.98. The minimum Gasteiger partial charge on any atom is -0.486 e. The zero-order chi connectivity index (χ0) is 29.5. The SMILES string of the molecule is COC(=O)[C@@H](C)Oc1ccc([N+](=O)[O-])cc1/C=N/NC(=O)c1ccc(COc2ccc(-n3c(C)ccc3C)cc2)o1. The van der Waals surface area contributed by atoms with Crippen LogP contribution in [0.3, 0.4) is 0 Å². The van der Waals surface area contributed by atoms with Crippen molar-refractivity contribution < 1.29 is 33.1 Å². The number of nitro groups is 1. The summed E-state index contributed by atoms with van der Waals surface area (Å²) >= 11 is 0. The fraction of sp³-hybridized carbons (Fsp3) is 0.207. The molecule has 4 rings (SSSR count). The molecule has 4 aromatic rings. The van der Waals surface area contributed by atoms with Crippen molar-refractivity contribution >= 4 is 23.8 Å². The summed E-state index contributed by atoms with van der Waals surface area (Å²) in [5.41, 5.74) is 5.53. The summed E-state index contributed by atoms with van der Waals surface area (Å²) in [6.45, 7) is 5.65. The Morgan fingerprint density at radius 2 is 1.78 bits per heavy atom. The topological polar surface area (TPSA) is 147 Å². The summed E-state index contributed by atoms with van der Waals surface area (Å²) in [5.74, 6) is -0.0901. The number of ether oxygens (including phenoxy) is 3. The summed E-state index contributed by atoms with van der Waals surface area (Å²) in [6, 6.07) is 18.6. The second kappa shape index (κ2) is 12.6. The third-order valence-corrected chi connectivity index (χ3v) is 6.04. The highest BCUT2D eigenvalue weighted by Gasteiger charge is 2.19. The number of benzene rings is 2. The lowest BCUT2D eigenvalue weighted by Crippen LogP contribution is -2.25. The number of carbonyl (C=O) groups excluding carboxylic acids is 2. The lowest BCUT2D eigenvalue weighted by molar-refractivity contribution is -0.384. The van der Waals surface area contributed by atoms with Crippen molar-refractivity contribution in [3.8, 4) is 17.2 Å². The molecule has 12 nitrogen and oxygen atoms in total. The van der Waals surface area contributed by atoms with Crippen molar-refractivity contribution in [1.82, 2.24) is 9.99 Å². The van der Waals surface area contributed by atoms with Crippen molar-refractivity contribution in [1.29, 1.82) is 0 Å². The second-order valence-corrected chi connectivity index (χ2v) is 8.96. The van der Waals surface area contributed by atoms with Gasteiger partial charge in [-0.3, -0.25) is 14.9 Å². The van der Waals surface area contributed by atoms with Crippen LogP contribution in [0.5, 0.6) is 11.5 Å². The highest BCUT2D eigenvalue weighted by Crippen LogP contribution is 2.24. The minimum atomic E-state index is -0.974. The van der Waals surface area contributed by atoms with Gasteiger partial charge in [0.2, 0.25) is 0 Å². The zero-order valence-electron chi connectivity index (χ0n) is 22.8. The molecule has 212 valence electrons. The van der Waals surface area contributed by atoms with Crippen LogP contribution in [0, 0.1) is 24.0 Å². The molecule has 2 aromatic carbocycles. The van der Waals surface area contributed by atoms with Gasteiger partial charge in [0.15, 0.2) is 11.9 Å². The van der Waals surface area contributed by atoms with E-state index >= 15 is 0 Å². The van der Waals surface area contributed by atoms with E-state index in [0.29, 0.717) is 11.5 Å². The number of hydrazone groups is 1. The standard InChI is InChI=1S/C29H28N4O8/c1-18-5-6-19(2)32(18)22-7-10-24(11-8-22)39-17-25-12-14-27(41-25)28(34)31-30-16-21-15-23(33(36)37)9-13-26(21)40-20(3)29(35)38-4/h5-16,20H,17H2,1-4H3,(H,31,34)/b30-16+/t20-/m1/s1. The van der Waals surface area contributed by atoms with Gasteiger partial charge in [-0.1, -0.05) is 0 Å². The Bertz CT molecular complexity index is 1570. The van der Waals surface area contributed by atoms with Crippen LogP contribution in [0.4, 0.5) is 5.69 Å². The van der Waals surface area contributed by atoms with Gasteiger partial charge in [-0.25, -0.2) is 10.2 Å². The van der Waals surface area contributed by atoms with Gasteiger partial charge in [0.1, 0.15) is 23.9 Å². The lowest BCUT2D eigenvalue weighted by Gasteiger charge is -2.14. The highest BCUT2D eigenvalue weighted by molar-refractivity contribution is 5.93. The Balaban J connectivity index is 1.36. The molecule has 2 aromatic heterocycles. The summed E-state index contributed by atoms with van der Waals surface area (Å²) in [6.07, 6.45) is 0.190. The molecule has 12 heteroatoms. The second-order valence-electron chi connectivity index (χ2n) is 8.96. The molecular weight excluding hydrogens is 532 g/mol. The first-order chi connectivity index (χ1) is 19.7. The molecule has 1 atom stereocenters. The number of hydrogen-bond acceptors (Lipinski definition) is 9. The van der Waals surface area contributed by atoms with Crippen LogP contribution >= 0.6 is 0 Å². The van der Waals surface area contributed by atoms with Crippen LogP contribution < -0.4 is 14.9 Å². The van der Waals surface area contributed by atoms with E-state index in [-0.39, 0.29) is 29.4 Å². The molecule has 0 fully saturated rings. The molecule has 0 spiro atoms. The number of nitrogens with one attached hydrogen (secondary N) is 1. The van der Waals surface area contributed by atoms with Crippen LogP contribution in [-0.2, 0) is 16.1 Å². The Labute approximate surface area is 235 Å². The summed E-state index contributed by atoms with van der Waals surface area (Å²) in [4.78, 5) is 34.8. The summed E-state index contributed by atoms with van der Waals surface area (Å²) in [5, 5.41) is 15.1. The molecule has 0 unspecified atom stereocenters. The van der Waals surface area contributed by atoms with Crippen molar-refractivity contribution in [2.24, 2.45) is 5.10 Å². The van der Waals surface area contributed by atoms with Crippen LogP contribution in [0.1, 0.15) is 40.2 Å². The predicted molar refractivity (Wildman–Crippen MR) is 149 cm³/mol. The molecule has 0 aliphatic rings. The maximum Gasteiger partial charge on any atom is 0.346 e. The zero-order valence-corrected chi connectivity index (χ0v) is 22.8. The number of amides is 1. The van der Waals surface area contributed by atoms with Gasteiger partial charge in [-0.2, -0.15) is 5.10 Å². The molecule has 0 bridgehead atoms. The summed E-state index contributed by atoms with van der Waals surface area (Å²) < 4.78 is 23.7. The number of aryl methyl sites for hydroxylation is 2. The van der Waals surface area contributed by atoms with E-state index < -0.39 is 22.9 Å². The molecule has 2 heterocycles. The molecule has 0 saturated carbocycles. The Morgan fingerprint density at radius 1 is 1.07 bits per heavy atom. The first-order valence-corrected chi connectivity index (χ1v) is 12.5. The Morgan fingerprint density at radius 3 is 2.44 bits per heavy atom. The summed E-state index contributed by atoms with van der Waals surface area (Å²) in [7, 11) is 1.21. The van der Waals surface area contributed by atoms with Gasteiger partial charge in [0.25, 0.3) is 5.69 Å². The average Bonchev–Trinajstić information content (AvgIpc) is 3.58. The molecular formula is C29H28N4O8. The smallest absolute Gasteiger partial charge is 0.346 e. The number of esters is 1. The average molecular weight is 561 g/mol. The monoisotopic (exact) mass is 560 g/mol. The molecule has 0 saturated heterocycles. The first-order valence-electron chi connectivity index (χ1n) is 12.5. The van der Waals surface area contributed by atoms with Crippen molar-refractivity contribution in [2.75, 3.05) is 7.11 Å². The van der Waals surface area contributed by atoms with Crippen molar-refractivity contribution in [2.45, 2.75) is 33.5 Å². The van der Waals surface area contributed by atoms with Crippen LogP contribution in [0.15, 0.2) is 76.2 Å². The number of nitro benzene ring substituents is 1. The van der Waals surface area contributed by atoms with E-state index in [2.05, 4.69) is 32.0 Å². The Hall–Kier alpha value is -5.39. The highest BCUT2D eigenvalue weighted by atomic mass is 16.6. The first kappa shape index (κ1) is 28.6. The van der Waals surface area contributed by atoms with E-state index in [0.717, 1.165) is 23.3 Å². The van der Waals surface area contributed by atoms with Crippen LogP contribution in [0.2, 0.25) is 0 Å². The van der Waals surface area contributed by atoms with Gasteiger partial charge >= 0.3 is 11.9 Å². The molecule has 1 N–H and O–H groups in total. The number of hydrogen-bond donors (Lipinski definition) is 1. The number of furan rings is 1. The van der Waals surface area contributed by atoms with E-state index in [9.17, 15) is 19.7 Å². The number of carbonyl (C=O) groups is 2. The largest absolute Gasteiger partial charge is 0.486 e. The predicted octanol–water partition coefficient (Wildman–Crippen LogP) is 4.88. The third kappa shape index (κ3) is 6.98. The minimum absolute atomic E-state index is 0.00974. The van der Waals surface area contributed by atoms with Crippen molar-refractivity contribution in [3.63, 3.8) is 0 Å². The van der Waals surface area contributed by atoms with Gasteiger partial charge in [-0.05, 0) is 75.4 Å². The van der Waals surface area contributed by atoms with Gasteiger partial charge in [0, 0.05) is 34.8 Å². The number of nitrogens with zero attached hydrogens (tertiary/aromatic N) is 3. The van der Waals surface area contributed by atoms with Crippen LogP contribution in [0.25, 0.3) is 5.69 Å². The number of non-ortho nitro benzene ring substituents is 1. The number of aromatic nitrogens is 1. The third-order valence-electron chi connectivity index (χ3n) is 6.04.